The average Bonchev–Trinajstić information content (AvgIpc) is 3.36. The average molecular weight is 357 g/mol. The molecule has 23 heavy (non-hydrogen) atoms. The molecule has 3 rings (SSSR count). The first kappa shape index (κ1) is 22.8. The monoisotopic (exact) mass is 356 g/mol. The molecule has 0 atom stereocenters. The van der Waals surface area contributed by atoms with Crippen molar-refractivity contribution in [1.82, 2.24) is 0 Å². The van der Waals surface area contributed by atoms with Crippen LogP contribution in [0.5, 0.6) is 0 Å². The quantitative estimate of drug-likeness (QED) is 0.360. The first-order valence-corrected chi connectivity index (χ1v) is 9.44. The molecule has 0 spiro atoms. The standard InChI is InChI=1S/C11H11.2C5H5.ClH.Ti/c1-2-3-5-8-11-9-6-4-7-10-11;2*1-2-4-5-3-1;;/h4,6-7,9-10H,1-3H2;2*1-5H;1H;/q-1;;;;+2/p-1. The molecular formula is C21H21ClTi. The predicted molar refractivity (Wildman–Crippen MR) is 96.8 cm³/mol. The van der Waals surface area contributed by atoms with Crippen molar-refractivity contribution in [3.8, 4) is 11.8 Å². The number of benzene rings is 1. The van der Waals surface area contributed by atoms with E-state index in [9.17, 15) is 0 Å². The SMILES string of the molecule is [CH2-]CCC#Cc1ccccc1.[CH]1[CH][CH][CH][CH]1.[CH]1[CH][CH][CH][CH]1.[Cl][Ti+]. The molecule has 2 saturated carbocycles. The van der Waals surface area contributed by atoms with Gasteiger partial charge in [0.05, 0.1) is 0 Å². The van der Waals surface area contributed by atoms with Crippen molar-refractivity contribution < 1.29 is 19.4 Å². The van der Waals surface area contributed by atoms with Gasteiger partial charge in [-0.2, -0.15) is 6.42 Å². The van der Waals surface area contributed by atoms with Crippen molar-refractivity contribution in [2.24, 2.45) is 0 Å². The van der Waals surface area contributed by atoms with Crippen molar-refractivity contribution in [3.05, 3.63) is 107 Å². The zero-order valence-electron chi connectivity index (χ0n) is 13.2. The van der Waals surface area contributed by atoms with Crippen LogP contribution < -0.4 is 0 Å². The van der Waals surface area contributed by atoms with Gasteiger partial charge in [-0.3, -0.25) is 0 Å². The first-order chi connectivity index (χ1) is 11.4. The van der Waals surface area contributed by atoms with Crippen LogP contribution in [0, 0.1) is 83.0 Å². The van der Waals surface area contributed by atoms with E-state index in [4.69, 9.17) is 0 Å². The van der Waals surface area contributed by atoms with Gasteiger partial charge in [0, 0.05) is 5.56 Å². The molecule has 0 nitrogen and oxygen atoms in total. The van der Waals surface area contributed by atoms with Gasteiger partial charge in [-0.15, -0.1) is 5.92 Å². The van der Waals surface area contributed by atoms with Gasteiger partial charge in [-0.1, -0.05) is 24.1 Å². The molecule has 2 aliphatic carbocycles. The third-order valence-electron chi connectivity index (χ3n) is 2.42. The molecule has 2 heteroatoms. The zero-order valence-corrected chi connectivity index (χ0v) is 15.5. The Labute approximate surface area is 160 Å². The summed E-state index contributed by atoms with van der Waals surface area (Å²) in [4.78, 5) is 0. The zero-order chi connectivity index (χ0) is 17.0. The van der Waals surface area contributed by atoms with Gasteiger partial charge < -0.3 is 6.92 Å². The van der Waals surface area contributed by atoms with E-state index in [2.05, 4.69) is 28.1 Å². The van der Waals surface area contributed by atoms with Crippen LogP contribution in [0.3, 0.4) is 0 Å². The summed E-state index contributed by atoms with van der Waals surface area (Å²) in [5.74, 6) is 6.09. The summed E-state index contributed by atoms with van der Waals surface area (Å²) in [6.45, 7) is 3.71. The number of unbranched alkanes of at least 4 members (excludes halogenated alkanes) is 1. The van der Waals surface area contributed by atoms with Gasteiger partial charge in [0.1, 0.15) is 0 Å². The maximum absolute atomic E-state index is 4.64. The molecule has 0 bridgehead atoms. The molecular weight excluding hydrogens is 336 g/mol. The Hall–Kier alpha value is -0.216. The third kappa shape index (κ3) is 16.4. The summed E-state index contributed by atoms with van der Waals surface area (Å²) in [6.07, 6.45) is 21.8. The molecule has 0 aliphatic heterocycles. The van der Waals surface area contributed by atoms with Gasteiger partial charge in [0.15, 0.2) is 0 Å². The third-order valence-corrected chi connectivity index (χ3v) is 2.42. The van der Waals surface area contributed by atoms with Crippen LogP contribution in [0.25, 0.3) is 0 Å². The van der Waals surface area contributed by atoms with Gasteiger partial charge in [0.25, 0.3) is 0 Å². The van der Waals surface area contributed by atoms with Gasteiger partial charge in [-0.05, 0) is 82.8 Å². The van der Waals surface area contributed by atoms with Crippen LogP contribution in [-0.4, -0.2) is 0 Å². The molecule has 2 aliphatic rings. The number of hydrogen-bond acceptors (Lipinski definition) is 0. The van der Waals surface area contributed by atoms with Crippen molar-refractivity contribution in [2.45, 2.75) is 12.8 Å². The second kappa shape index (κ2) is 19.8. The van der Waals surface area contributed by atoms with Crippen LogP contribution in [0.4, 0.5) is 0 Å². The van der Waals surface area contributed by atoms with Crippen LogP contribution in [0.1, 0.15) is 18.4 Å². The Balaban J connectivity index is 0.000000334. The van der Waals surface area contributed by atoms with Crippen molar-refractivity contribution in [3.63, 3.8) is 0 Å². The molecule has 0 unspecified atom stereocenters. The minimum atomic E-state index is 0.884. The Morgan fingerprint density at radius 1 is 0.739 bits per heavy atom. The first-order valence-electron chi connectivity index (χ1n) is 7.29. The molecule has 0 saturated heterocycles. The van der Waals surface area contributed by atoms with E-state index < -0.39 is 0 Å². The van der Waals surface area contributed by atoms with E-state index in [1.54, 1.807) is 0 Å². The Bertz CT molecular complexity index is 358. The second-order valence-electron chi connectivity index (χ2n) is 4.20. The normalized spacial score (nSPS) is 14.7. The number of halogens is 1. The molecule has 0 N–H and O–H groups in total. The van der Waals surface area contributed by atoms with E-state index in [1.807, 2.05) is 94.5 Å². The van der Waals surface area contributed by atoms with Gasteiger partial charge in [0.2, 0.25) is 0 Å². The molecule has 0 aromatic heterocycles. The Kier molecular flexibility index (Phi) is 19.6. The fourth-order valence-electron chi connectivity index (χ4n) is 1.42. The van der Waals surface area contributed by atoms with E-state index >= 15 is 0 Å². The summed E-state index contributed by atoms with van der Waals surface area (Å²) in [5, 5.41) is 0. The molecule has 0 amide bonds. The van der Waals surface area contributed by atoms with Crippen molar-refractivity contribution in [1.29, 1.82) is 0 Å². The topological polar surface area (TPSA) is 0 Å². The van der Waals surface area contributed by atoms with Gasteiger partial charge >= 0.3 is 28.7 Å². The summed E-state index contributed by atoms with van der Waals surface area (Å²) < 4.78 is 0. The van der Waals surface area contributed by atoms with E-state index in [1.165, 1.54) is 19.4 Å². The van der Waals surface area contributed by atoms with Crippen LogP contribution >= 0.6 is 9.30 Å². The van der Waals surface area contributed by atoms with Crippen molar-refractivity contribution in [2.75, 3.05) is 0 Å². The molecule has 10 radical (unpaired) electrons. The van der Waals surface area contributed by atoms with E-state index in [0.717, 1.165) is 18.4 Å². The van der Waals surface area contributed by atoms with E-state index in [-0.39, 0.29) is 0 Å². The Morgan fingerprint density at radius 2 is 1.13 bits per heavy atom. The summed E-state index contributed by atoms with van der Waals surface area (Å²) in [7, 11) is 4.64. The summed E-state index contributed by atoms with van der Waals surface area (Å²) >= 11 is 1.47. The van der Waals surface area contributed by atoms with E-state index in [0.29, 0.717) is 0 Å². The minimum absolute atomic E-state index is 0.884. The molecule has 0 heterocycles. The summed E-state index contributed by atoms with van der Waals surface area (Å²) in [5.41, 5.74) is 1.08. The summed E-state index contributed by atoms with van der Waals surface area (Å²) in [6, 6.07) is 10.0. The Morgan fingerprint density at radius 3 is 1.48 bits per heavy atom. The molecule has 116 valence electrons. The molecule has 2 fully saturated rings. The number of hydrogen-bond donors (Lipinski definition) is 0. The maximum atomic E-state index is 4.64. The fourth-order valence-corrected chi connectivity index (χ4v) is 1.42. The van der Waals surface area contributed by atoms with Crippen LogP contribution in [0.15, 0.2) is 30.3 Å². The predicted octanol–water partition coefficient (Wildman–Crippen LogP) is 5.38. The molecule has 1 aromatic carbocycles. The van der Waals surface area contributed by atoms with Crippen LogP contribution in [0.2, 0.25) is 0 Å². The van der Waals surface area contributed by atoms with Gasteiger partial charge in [-0.25, -0.2) is 0 Å². The van der Waals surface area contributed by atoms with Crippen LogP contribution in [-0.2, 0) is 19.4 Å². The number of rotatable bonds is 1. The van der Waals surface area contributed by atoms with Crippen molar-refractivity contribution >= 4 is 9.30 Å². The second-order valence-corrected chi connectivity index (χ2v) is 4.20. The fraction of sp³-hybridized carbons (Fsp3) is 0.0952. The molecule has 1 aromatic rings.